The Morgan fingerprint density at radius 2 is 1.70 bits per heavy atom. The summed E-state index contributed by atoms with van der Waals surface area (Å²) in [6, 6.07) is 15.8. The maximum Gasteiger partial charge on any atom is 0.234 e. The summed E-state index contributed by atoms with van der Waals surface area (Å²) in [5.74, 6) is 0.921. The topological polar surface area (TPSA) is 44.8 Å². The van der Waals surface area contributed by atoms with E-state index in [1.807, 2.05) is 36.4 Å². The van der Waals surface area contributed by atoms with Gasteiger partial charge in [-0.1, -0.05) is 41.9 Å². The van der Waals surface area contributed by atoms with Gasteiger partial charge in [0.2, 0.25) is 5.91 Å². The van der Waals surface area contributed by atoms with Crippen molar-refractivity contribution in [1.82, 2.24) is 15.1 Å². The first-order valence-corrected chi connectivity index (χ1v) is 9.59. The lowest BCUT2D eigenvalue weighted by Crippen LogP contribution is -2.49. The number of carbonyl (C=O) groups is 1. The van der Waals surface area contributed by atoms with Gasteiger partial charge in [-0.05, 0) is 29.3 Å². The number of hydrogen-bond donors (Lipinski definition) is 1. The second kappa shape index (κ2) is 9.74. The van der Waals surface area contributed by atoms with Crippen LogP contribution in [0.2, 0.25) is 5.02 Å². The zero-order chi connectivity index (χ0) is 19.1. The molecular formula is C21H26ClN3O2. The SMILES string of the molecule is COc1ccc(CN2CCN(CC(=O)NCc3ccccc3Cl)CC2)cc1. The zero-order valence-corrected chi connectivity index (χ0v) is 16.4. The lowest BCUT2D eigenvalue weighted by atomic mass is 10.2. The van der Waals surface area contributed by atoms with Gasteiger partial charge in [0.15, 0.2) is 0 Å². The molecule has 0 unspecified atom stereocenters. The van der Waals surface area contributed by atoms with E-state index in [9.17, 15) is 4.79 Å². The van der Waals surface area contributed by atoms with Crippen LogP contribution in [0.3, 0.4) is 0 Å². The Kier molecular flexibility index (Phi) is 7.10. The van der Waals surface area contributed by atoms with E-state index in [2.05, 4.69) is 27.2 Å². The maximum absolute atomic E-state index is 12.2. The molecule has 27 heavy (non-hydrogen) atoms. The van der Waals surface area contributed by atoms with Crippen molar-refractivity contribution in [1.29, 1.82) is 0 Å². The first kappa shape index (κ1) is 19.7. The third kappa shape index (κ3) is 5.96. The molecule has 1 fully saturated rings. The molecule has 0 radical (unpaired) electrons. The van der Waals surface area contributed by atoms with Crippen LogP contribution in [0.1, 0.15) is 11.1 Å². The zero-order valence-electron chi connectivity index (χ0n) is 15.7. The van der Waals surface area contributed by atoms with Crippen molar-refractivity contribution in [3.63, 3.8) is 0 Å². The molecule has 0 saturated carbocycles. The predicted octanol–water partition coefficient (Wildman–Crippen LogP) is 2.78. The smallest absolute Gasteiger partial charge is 0.234 e. The van der Waals surface area contributed by atoms with Gasteiger partial charge in [0.25, 0.3) is 0 Å². The van der Waals surface area contributed by atoms with E-state index in [1.165, 1.54) is 5.56 Å². The first-order chi connectivity index (χ1) is 13.1. The van der Waals surface area contributed by atoms with E-state index in [0.29, 0.717) is 18.1 Å². The lowest BCUT2D eigenvalue weighted by Gasteiger charge is -2.34. The molecule has 0 spiro atoms. The van der Waals surface area contributed by atoms with Crippen molar-refractivity contribution in [2.75, 3.05) is 39.8 Å². The molecule has 1 aliphatic heterocycles. The summed E-state index contributed by atoms with van der Waals surface area (Å²) in [6.07, 6.45) is 0. The second-order valence-corrected chi connectivity index (χ2v) is 7.18. The third-order valence-corrected chi connectivity index (χ3v) is 5.20. The average Bonchev–Trinajstić information content (AvgIpc) is 2.69. The summed E-state index contributed by atoms with van der Waals surface area (Å²) >= 11 is 6.12. The fraction of sp³-hybridized carbons (Fsp3) is 0.381. The number of benzene rings is 2. The molecule has 144 valence electrons. The molecule has 1 aliphatic rings. The minimum absolute atomic E-state index is 0.0403. The highest BCUT2D eigenvalue weighted by molar-refractivity contribution is 6.31. The molecule has 0 aromatic heterocycles. The highest BCUT2D eigenvalue weighted by Gasteiger charge is 2.19. The van der Waals surface area contributed by atoms with Gasteiger partial charge in [-0.25, -0.2) is 0 Å². The van der Waals surface area contributed by atoms with Crippen LogP contribution in [0.25, 0.3) is 0 Å². The van der Waals surface area contributed by atoms with Crippen molar-refractivity contribution in [2.45, 2.75) is 13.1 Å². The Labute approximate surface area is 165 Å². The summed E-state index contributed by atoms with van der Waals surface area (Å²) in [5.41, 5.74) is 2.22. The fourth-order valence-electron chi connectivity index (χ4n) is 3.19. The molecule has 1 N–H and O–H groups in total. The minimum Gasteiger partial charge on any atom is -0.497 e. The number of nitrogens with one attached hydrogen (secondary N) is 1. The quantitative estimate of drug-likeness (QED) is 0.793. The van der Waals surface area contributed by atoms with Gasteiger partial charge >= 0.3 is 0 Å². The number of carbonyl (C=O) groups excluding carboxylic acids is 1. The van der Waals surface area contributed by atoms with E-state index in [-0.39, 0.29) is 5.91 Å². The van der Waals surface area contributed by atoms with Crippen LogP contribution in [-0.4, -0.2) is 55.5 Å². The molecule has 5 nitrogen and oxygen atoms in total. The van der Waals surface area contributed by atoms with Crippen LogP contribution in [0.5, 0.6) is 5.75 Å². The Bertz CT molecular complexity index is 743. The number of halogens is 1. The van der Waals surface area contributed by atoms with Crippen molar-refractivity contribution < 1.29 is 9.53 Å². The van der Waals surface area contributed by atoms with Crippen LogP contribution in [0.15, 0.2) is 48.5 Å². The van der Waals surface area contributed by atoms with E-state index in [4.69, 9.17) is 16.3 Å². The standard InChI is InChI=1S/C21H26ClN3O2/c1-27-19-8-6-17(7-9-19)15-24-10-12-25(13-11-24)16-21(26)23-14-18-4-2-3-5-20(18)22/h2-9H,10-16H2,1H3,(H,23,26). The minimum atomic E-state index is 0.0403. The van der Waals surface area contributed by atoms with Crippen LogP contribution in [0.4, 0.5) is 0 Å². The van der Waals surface area contributed by atoms with Crippen molar-refractivity contribution in [3.05, 3.63) is 64.7 Å². The van der Waals surface area contributed by atoms with Gasteiger partial charge in [0.05, 0.1) is 13.7 Å². The molecule has 1 saturated heterocycles. The van der Waals surface area contributed by atoms with Crippen LogP contribution < -0.4 is 10.1 Å². The first-order valence-electron chi connectivity index (χ1n) is 9.22. The summed E-state index contributed by atoms with van der Waals surface area (Å²) in [4.78, 5) is 16.8. The maximum atomic E-state index is 12.2. The van der Waals surface area contributed by atoms with E-state index >= 15 is 0 Å². The number of nitrogens with zero attached hydrogens (tertiary/aromatic N) is 2. The molecule has 0 bridgehead atoms. The van der Waals surface area contributed by atoms with E-state index < -0.39 is 0 Å². The molecule has 2 aromatic rings. The Hall–Kier alpha value is -2.08. The summed E-state index contributed by atoms with van der Waals surface area (Å²) in [7, 11) is 1.68. The van der Waals surface area contributed by atoms with Crippen molar-refractivity contribution >= 4 is 17.5 Å². The van der Waals surface area contributed by atoms with E-state index in [1.54, 1.807) is 7.11 Å². The largest absolute Gasteiger partial charge is 0.497 e. The number of hydrogen-bond acceptors (Lipinski definition) is 4. The molecule has 1 amide bonds. The molecule has 0 aliphatic carbocycles. The summed E-state index contributed by atoms with van der Waals surface area (Å²) < 4.78 is 5.20. The van der Waals surface area contributed by atoms with Gasteiger partial charge in [-0.2, -0.15) is 0 Å². The van der Waals surface area contributed by atoms with Gasteiger partial charge < -0.3 is 10.1 Å². The molecule has 3 rings (SSSR count). The van der Waals surface area contributed by atoms with E-state index in [0.717, 1.165) is 44.0 Å². The Morgan fingerprint density at radius 3 is 2.37 bits per heavy atom. The van der Waals surface area contributed by atoms with Gasteiger partial charge in [-0.3, -0.25) is 14.6 Å². The molecule has 6 heteroatoms. The molecule has 2 aromatic carbocycles. The fourth-order valence-corrected chi connectivity index (χ4v) is 3.39. The monoisotopic (exact) mass is 387 g/mol. The number of amides is 1. The third-order valence-electron chi connectivity index (χ3n) is 4.83. The Morgan fingerprint density at radius 1 is 1.04 bits per heavy atom. The number of methoxy groups -OCH3 is 1. The highest BCUT2D eigenvalue weighted by atomic mass is 35.5. The van der Waals surface area contributed by atoms with Crippen LogP contribution >= 0.6 is 11.6 Å². The summed E-state index contributed by atoms with van der Waals surface area (Å²) in [6.45, 7) is 5.55. The number of piperazine rings is 1. The van der Waals surface area contributed by atoms with Gasteiger partial charge in [-0.15, -0.1) is 0 Å². The van der Waals surface area contributed by atoms with Gasteiger partial charge in [0, 0.05) is 44.3 Å². The second-order valence-electron chi connectivity index (χ2n) is 6.77. The predicted molar refractivity (Wildman–Crippen MR) is 108 cm³/mol. The normalized spacial score (nSPS) is 15.5. The molecule has 1 heterocycles. The van der Waals surface area contributed by atoms with Crippen LogP contribution in [0, 0.1) is 0 Å². The summed E-state index contributed by atoms with van der Waals surface area (Å²) in [5, 5.41) is 3.64. The van der Waals surface area contributed by atoms with Crippen LogP contribution in [-0.2, 0) is 17.9 Å². The number of rotatable bonds is 7. The Balaban J connectivity index is 1.38. The van der Waals surface area contributed by atoms with Crippen molar-refractivity contribution in [3.8, 4) is 5.75 Å². The van der Waals surface area contributed by atoms with Gasteiger partial charge in [0.1, 0.15) is 5.75 Å². The molecular weight excluding hydrogens is 362 g/mol. The lowest BCUT2D eigenvalue weighted by molar-refractivity contribution is -0.122. The molecule has 0 atom stereocenters. The highest BCUT2D eigenvalue weighted by Crippen LogP contribution is 2.15. The number of ether oxygens (including phenoxy) is 1. The van der Waals surface area contributed by atoms with Crippen molar-refractivity contribution in [2.24, 2.45) is 0 Å². The average molecular weight is 388 g/mol.